The molecule has 2 heterocycles. The molecule has 1 aromatic carbocycles. The van der Waals surface area contributed by atoms with Crippen LogP contribution in [0.4, 0.5) is 5.82 Å². The first-order valence-electron chi connectivity index (χ1n) is 8.66. The van der Waals surface area contributed by atoms with E-state index < -0.39 is 0 Å². The summed E-state index contributed by atoms with van der Waals surface area (Å²) in [5, 5.41) is 6.86. The first-order chi connectivity index (χ1) is 12.0. The molecular weight excluding hydrogens is 314 g/mol. The average molecular weight is 339 g/mol. The maximum atomic E-state index is 12.1. The third-order valence-electron chi connectivity index (χ3n) is 4.33. The minimum absolute atomic E-state index is 0.0136. The summed E-state index contributed by atoms with van der Waals surface area (Å²) in [5.41, 5.74) is 4.10. The highest BCUT2D eigenvalue weighted by Crippen LogP contribution is 2.20. The monoisotopic (exact) mass is 339 g/mol. The lowest BCUT2D eigenvalue weighted by molar-refractivity contribution is 0.0827. The SMILES string of the molecule is Cc1nc2c(c(NCc3cccc(C(=O)N(C)C)c3)n1)CCNCC2. The smallest absolute Gasteiger partial charge is 0.253 e. The molecule has 0 aliphatic carbocycles. The van der Waals surface area contributed by atoms with Gasteiger partial charge in [-0.3, -0.25) is 4.79 Å². The average Bonchev–Trinajstić information content (AvgIpc) is 2.84. The fourth-order valence-electron chi connectivity index (χ4n) is 3.07. The van der Waals surface area contributed by atoms with Crippen molar-refractivity contribution in [3.8, 4) is 0 Å². The van der Waals surface area contributed by atoms with Crippen LogP contribution in [0.2, 0.25) is 0 Å². The van der Waals surface area contributed by atoms with Crippen LogP contribution in [0.15, 0.2) is 24.3 Å². The number of anilines is 1. The van der Waals surface area contributed by atoms with E-state index in [0.29, 0.717) is 12.1 Å². The van der Waals surface area contributed by atoms with Gasteiger partial charge in [0.05, 0.1) is 5.69 Å². The second kappa shape index (κ2) is 7.61. The Balaban J connectivity index is 1.79. The number of hydrogen-bond donors (Lipinski definition) is 2. The van der Waals surface area contributed by atoms with E-state index in [1.165, 1.54) is 5.56 Å². The minimum Gasteiger partial charge on any atom is -0.366 e. The second-order valence-corrected chi connectivity index (χ2v) is 6.55. The zero-order valence-electron chi connectivity index (χ0n) is 15.1. The molecule has 0 saturated heterocycles. The standard InChI is InChI=1S/C19H25N5O/c1-13-22-17-8-10-20-9-7-16(17)18(23-13)21-12-14-5-4-6-15(11-14)19(25)24(2)3/h4-6,11,20H,7-10,12H2,1-3H3,(H,21,22,23). The van der Waals surface area contributed by atoms with Gasteiger partial charge in [0.2, 0.25) is 0 Å². The third-order valence-corrected chi connectivity index (χ3v) is 4.33. The summed E-state index contributed by atoms with van der Waals surface area (Å²) in [5.74, 6) is 1.72. The number of benzene rings is 1. The largest absolute Gasteiger partial charge is 0.366 e. The van der Waals surface area contributed by atoms with Crippen molar-refractivity contribution in [3.63, 3.8) is 0 Å². The molecule has 1 amide bonds. The quantitative estimate of drug-likeness (QED) is 0.889. The molecule has 0 spiro atoms. The fourth-order valence-corrected chi connectivity index (χ4v) is 3.07. The second-order valence-electron chi connectivity index (χ2n) is 6.55. The number of hydrogen-bond acceptors (Lipinski definition) is 5. The summed E-state index contributed by atoms with van der Waals surface area (Å²) in [6.45, 7) is 4.46. The third kappa shape index (κ3) is 4.14. The summed E-state index contributed by atoms with van der Waals surface area (Å²) in [7, 11) is 3.53. The van der Waals surface area contributed by atoms with Crippen molar-refractivity contribution in [1.29, 1.82) is 0 Å². The molecule has 1 aliphatic rings. The molecular formula is C19H25N5O. The number of carbonyl (C=O) groups excluding carboxylic acids is 1. The molecule has 132 valence electrons. The van der Waals surface area contributed by atoms with Crippen molar-refractivity contribution in [2.24, 2.45) is 0 Å². The van der Waals surface area contributed by atoms with Gasteiger partial charge < -0.3 is 15.5 Å². The van der Waals surface area contributed by atoms with Gasteiger partial charge in [-0.05, 0) is 37.6 Å². The maximum Gasteiger partial charge on any atom is 0.253 e. The molecule has 3 rings (SSSR count). The van der Waals surface area contributed by atoms with Crippen LogP contribution in [-0.2, 0) is 19.4 Å². The Bertz CT molecular complexity index is 772. The molecule has 1 aromatic heterocycles. The Morgan fingerprint density at radius 3 is 2.84 bits per heavy atom. The van der Waals surface area contributed by atoms with Gasteiger partial charge in [0.1, 0.15) is 11.6 Å². The van der Waals surface area contributed by atoms with Crippen LogP contribution in [-0.4, -0.2) is 48.0 Å². The zero-order chi connectivity index (χ0) is 17.8. The Kier molecular flexibility index (Phi) is 5.28. The lowest BCUT2D eigenvalue weighted by atomic mass is 10.1. The minimum atomic E-state index is 0.0136. The van der Waals surface area contributed by atoms with E-state index in [4.69, 9.17) is 0 Å². The van der Waals surface area contributed by atoms with Gasteiger partial charge >= 0.3 is 0 Å². The highest BCUT2D eigenvalue weighted by molar-refractivity contribution is 5.94. The summed E-state index contributed by atoms with van der Waals surface area (Å²) >= 11 is 0. The van der Waals surface area contributed by atoms with Crippen LogP contribution in [0.1, 0.15) is 33.0 Å². The van der Waals surface area contributed by atoms with E-state index in [9.17, 15) is 4.79 Å². The van der Waals surface area contributed by atoms with Crippen LogP contribution in [0.5, 0.6) is 0 Å². The Morgan fingerprint density at radius 2 is 2.04 bits per heavy atom. The van der Waals surface area contributed by atoms with Gasteiger partial charge in [0.15, 0.2) is 0 Å². The van der Waals surface area contributed by atoms with E-state index in [-0.39, 0.29) is 5.91 Å². The Labute approximate surface area is 148 Å². The normalized spacial score (nSPS) is 13.7. The summed E-state index contributed by atoms with van der Waals surface area (Å²) < 4.78 is 0. The number of rotatable bonds is 4. The molecule has 0 radical (unpaired) electrons. The first kappa shape index (κ1) is 17.4. The Morgan fingerprint density at radius 1 is 1.24 bits per heavy atom. The highest BCUT2D eigenvalue weighted by atomic mass is 16.2. The summed E-state index contributed by atoms with van der Waals surface area (Å²) in [6.07, 6.45) is 1.86. The van der Waals surface area contributed by atoms with E-state index in [2.05, 4.69) is 20.6 Å². The molecule has 0 saturated carbocycles. The van der Waals surface area contributed by atoms with Crippen LogP contribution >= 0.6 is 0 Å². The highest BCUT2D eigenvalue weighted by Gasteiger charge is 2.15. The van der Waals surface area contributed by atoms with Crippen LogP contribution in [0.3, 0.4) is 0 Å². The molecule has 2 N–H and O–H groups in total. The predicted octanol–water partition coefficient (Wildman–Crippen LogP) is 1.79. The lowest BCUT2D eigenvalue weighted by Gasteiger charge is -2.15. The maximum absolute atomic E-state index is 12.1. The van der Waals surface area contributed by atoms with Gasteiger partial charge in [0.25, 0.3) is 5.91 Å². The van der Waals surface area contributed by atoms with E-state index in [1.54, 1.807) is 19.0 Å². The number of nitrogens with zero attached hydrogens (tertiary/aromatic N) is 3. The van der Waals surface area contributed by atoms with E-state index in [0.717, 1.165) is 48.8 Å². The number of amides is 1. The topological polar surface area (TPSA) is 70.2 Å². The molecule has 2 aromatic rings. The van der Waals surface area contributed by atoms with Crippen LogP contribution in [0, 0.1) is 6.92 Å². The van der Waals surface area contributed by atoms with Crippen molar-refractivity contribution in [2.45, 2.75) is 26.3 Å². The summed E-state index contributed by atoms with van der Waals surface area (Å²) in [6, 6.07) is 7.72. The molecule has 0 bridgehead atoms. The van der Waals surface area contributed by atoms with Gasteiger partial charge in [0, 0.05) is 44.7 Å². The van der Waals surface area contributed by atoms with Crippen LogP contribution in [0.25, 0.3) is 0 Å². The number of fused-ring (bicyclic) bond motifs is 1. The van der Waals surface area contributed by atoms with Gasteiger partial charge in [-0.2, -0.15) is 0 Å². The number of aromatic nitrogens is 2. The molecule has 0 fully saturated rings. The number of carbonyl (C=O) groups is 1. The molecule has 0 unspecified atom stereocenters. The van der Waals surface area contributed by atoms with Gasteiger partial charge in [-0.25, -0.2) is 9.97 Å². The molecule has 6 nitrogen and oxygen atoms in total. The van der Waals surface area contributed by atoms with Crippen molar-refractivity contribution < 1.29 is 4.79 Å². The number of aryl methyl sites for hydroxylation is 1. The first-order valence-corrected chi connectivity index (χ1v) is 8.66. The zero-order valence-corrected chi connectivity index (χ0v) is 15.1. The Hall–Kier alpha value is -2.47. The summed E-state index contributed by atoms with van der Waals surface area (Å²) in [4.78, 5) is 22.9. The van der Waals surface area contributed by atoms with Gasteiger partial charge in [-0.1, -0.05) is 12.1 Å². The van der Waals surface area contributed by atoms with Crippen molar-refractivity contribution >= 4 is 11.7 Å². The number of nitrogens with one attached hydrogen (secondary N) is 2. The van der Waals surface area contributed by atoms with E-state index >= 15 is 0 Å². The van der Waals surface area contributed by atoms with Gasteiger partial charge in [-0.15, -0.1) is 0 Å². The molecule has 1 aliphatic heterocycles. The van der Waals surface area contributed by atoms with Crippen molar-refractivity contribution in [1.82, 2.24) is 20.2 Å². The molecule has 25 heavy (non-hydrogen) atoms. The molecule has 0 atom stereocenters. The predicted molar refractivity (Wildman–Crippen MR) is 98.8 cm³/mol. The van der Waals surface area contributed by atoms with E-state index in [1.807, 2.05) is 31.2 Å². The van der Waals surface area contributed by atoms with Crippen LogP contribution < -0.4 is 10.6 Å². The fraction of sp³-hybridized carbons (Fsp3) is 0.421. The van der Waals surface area contributed by atoms with Crippen molar-refractivity contribution in [2.75, 3.05) is 32.5 Å². The molecule has 6 heteroatoms. The lowest BCUT2D eigenvalue weighted by Crippen LogP contribution is -2.21. The van der Waals surface area contributed by atoms with Crippen molar-refractivity contribution in [3.05, 3.63) is 52.5 Å².